The van der Waals surface area contributed by atoms with Crippen LogP contribution in [0.5, 0.6) is 0 Å². The van der Waals surface area contributed by atoms with E-state index in [1.807, 2.05) is 6.07 Å². The van der Waals surface area contributed by atoms with Crippen LogP contribution in [-0.4, -0.2) is 93.2 Å². The first kappa shape index (κ1) is 23.9. The maximum absolute atomic E-state index is 12.0. The Kier molecular flexibility index (Phi) is 9.70. The molecular weight excluding hydrogens is 507 g/mol. The van der Waals surface area contributed by atoms with Crippen molar-refractivity contribution < 1.29 is 9.53 Å². The van der Waals surface area contributed by atoms with Crippen LogP contribution in [0.4, 0.5) is 5.69 Å². The van der Waals surface area contributed by atoms with Crippen LogP contribution < -0.4 is 10.2 Å². The van der Waals surface area contributed by atoms with Crippen LogP contribution in [0.1, 0.15) is 6.42 Å². The van der Waals surface area contributed by atoms with Gasteiger partial charge in [0.05, 0.1) is 17.3 Å². The molecule has 1 aromatic heterocycles. The van der Waals surface area contributed by atoms with E-state index in [0.717, 1.165) is 64.0 Å². The van der Waals surface area contributed by atoms with Gasteiger partial charge < -0.3 is 24.8 Å². The first-order valence-corrected chi connectivity index (χ1v) is 10.1. The summed E-state index contributed by atoms with van der Waals surface area (Å²) < 4.78 is 5.46. The van der Waals surface area contributed by atoms with E-state index < -0.39 is 0 Å². The Bertz CT molecular complexity index is 691. The molecule has 8 nitrogen and oxygen atoms in total. The number of pyridine rings is 1. The van der Waals surface area contributed by atoms with Crippen molar-refractivity contribution in [3.8, 4) is 0 Å². The maximum Gasteiger partial charge on any atom is 0.243 e. The van der Waals surface area contributed by atoms with E-state index in [0.29, 0.717) is 10.9 Å². The number of nitrogens with zero attached hydrogens (tertiary/aromatic N) is 5. The van der Waals surface area contributed by atoms with Crippen molar-refractivity contribution in [2.24, 2.45) is 10.9 Å². The smallest absolute Gasteiger partial charge is 0.243 e. The van der Waals surface area contributed by atoms with Crippen LogP contribution in [-0.2, 0) is 9.53 Å². The van der Waals surface area contributed by atoms with Gasteiger partial charge in [0, 0.05) is 71.7 Å². The zero-order valence-electron chi connectivity index (χ0n) is 17.0. The van der Waals surface area contributed by atoms with E-state index in [1.54, 1.807) is 31.4 Å². The number of amides is 1. The van der Waals surface area contributed by atoms with Crippen molar-refractivity contribution in [1.82, 2.24) is 20.1 Å². The quantitative estimate of drug-likeness (QED) is 0.350. The highest BCUT2D eigenvalue weighted by Crippen LogP contribution is 2.25. The number of hydrogen-bond donors (Lipinski definition) is 1. The third-order valence-electron chi connectivity index (χ3n) is 5.11. The van der Waals surface area contributed by atoms with Crippen LogP contribution in [0.2, 0.25) is 5.02 Å². The molecule has 2 fully saturated rings. The predicted molar refractivity (Wildman–Crippen MR) is 126 cm³/mol. The molecular formula is C19H30ClIN6O2. The first-order valence-electron chi connectivity index (χ1n) is 9.70. The largest absolute Gasteiger partial charge is 0.381 e. The van der Waals surface area contributed by atoms with E-state index in [9.17, 15) is 4.79 Å². The molecule has 1 amide bonds. The number of likely N-dealkylation sites (N-methyl/N-ethyl adjacent to an activating group) is 1. The molecule has 0 aliphatic carbocycles. The molecule has 1 aromatic rings. The van der Waals surface area contributed by atoms with Gasteiger partial charge in [-0.25, -0.2) is 4.99 Å². The second kappa shape index (κ2) is 11.8. The number of piperazine rings is 1. The van der Waals surface area contributed by atoms with Crippen molar-refractivity contribution >= 4 is 53.1 Å². The summed E-state index contributed by atoms with van der Waals surface area (Å²) in [5.41, 5.74) is 1.01. The second-order valence-electron chi connectivity index (χ2n) is 7.34. The van der Waals surface area contributed by atoms with Crippen molar-refractivity contribution in [3.63, 3.8) is 0 Å². The topological polar surface area (TPSA) is 73.3 Å². The summed E-state index contributed by atoms with van der Waals surface area (Å²) in [5.74, 6) is 1.28. The third-order valence-corrected chi connectivity index (χ3v) is 5.40. The Morgan fingerprint density at radius 3 is 2.76 bits per heavy atom. The molecule has 2 saturated heterocycles. The summed E-state index contributed by atoms with van der Waals surface area (Å²) in [5, 5.41) is 4.13. The minimum absolute atomic E-state index is 0. The number of rotatable bonds is 5. The lowest BCUT2D eigenvalue weighted by atomic mass is 10.1. The number of carbonyl (C=O) groups excluding carboxylic acids is 1. The number of anilines is 1. The summed E-state index contributed by atoms with van der Waals surface area (Å²) in [6.07, 6.45) is 4.50. The van der Waals surface area contributed by atoms with Crippen molar-refractivity contribution in [3.05, 3.63) is 23.5 Å². The summed E-state index contributed by atoms with van der Waals surface area (Å²) in [7, 11) is 3.50. The molecule has 2 aliphatic heterocycles. The standard InChI is InChI=1S/C19H29ClN6O2.HI/c1-24(2)18(27)13-23-19(22-11-15-4-10-28-14-15)26-8-6-25(7-9-26)17-3-5-21-12-16(17)20;/h3,5,12,15H,4,6-11,13-14H2,1-2H3,(H,22,23);1H. The Morgan fingerprint density at radius 1 is 1.38 bits per heavy atom. The van der Waals surface area contributed by atoms with E-state index >= 15 is 0 Å². The molecule has 1 N–H and O–H groups in total. The number of carbonyl (C=O) groups is 1. The molecule has 29 heavy (non-hydrogen) atoms. The molecule has 10 heteroatoms. The molecule has 0 radical (unpaired) electrons. The van der Waals surface area contributed by atoms with Crippen molar-refractivity contribution in [2.75, 3.05) is 71.5 Å². The molecule has 3 rings (SSSR count). The predicted octanol–water partition coefficient (Wildman–Crippen LogP) is 1.55. The fourth-order valence-corrected chi connectivity index (χ4v) is 3.55. The van der Waals surface area contributed by atoms with Crippen LogP contribution in [0.15, 0.2) is 23.5 Å². The fraction of sp³-hybridized carbons (Fsp3) is 0.632. The monoisotopic (exact) mass is 536 g/mol. The highest BCUT2D eigenvalue weighted by molar-refractivity contribution is 14.0. The summed E-state index contributed by atoms with van der Waals surface area (Å²) in [6.45, 7) is 5.84. The number of aliphatic imine (C=N–C) groups is 1. The summed E-state index contributed by atoms with van der Waals surface area (Å²) in [4.78, 5) is 26.7. The Balaban J connectivity index is 0.00000300. The average molecular weight is 537 g/mol. The van der Waals surface area contributed by atoms with Gasteiger partial charge in [0.15, 0.2) is 5.96 Å². The maximum atomic E-state index is 12.0. The number of aromatic nitrogens is 1. The average Bonchev–Trinajstić information content (AvgIpc) is 3.22. The Hall–Kier alpha value is -1.33. The van der Waals surface area contributed by atoms with Gasteiger partial charge in [0.2, 0.25) is 5.91 Å². The zero-order valence-corrected chi connectivity index (χ0v) is 20.1. The number of hydrogen-bond acceptors (Lipinski definition) is 5. The van der Waals surface area contributed by atoms with Gasteiger partial charge in [0.1, 0.15) is 6.54 Å². The normalized spacial score (nSPS) is 19.7. The molecule has 1 atom stereocenters. The molecule has 0 spiro atoms. The third kappa shape index (κ3) is 6.85. The number of ether oxygens (including phenoxy) is 1. The fourth-order valence-electron chi connectivity index (χ4n) is 3.32. The minimum atomic E-state index is -0.00861. The van der Waals surface area contributed by atoms with E-state index in [4.69, 9.17) is 16.3 Å². The lowest BCUT2D eigenvalue weighted by Crippen LogP contribution is -2.53. The highest BCUT2D eigenvalue weighted by Gasteiger charge is 2.23. The van der Waals surface area contributed by atoms with Gasteiger partial charge in [-0.3, -0.25) is 9.78 Å². The zero-order chi connectivity index (χ0) is 19.9. The van der Waals surface area contributed by atoms with Gasteiger partial charge in [0.25, 0.3) is 0 Å². The minimum Gasteiger partial charge on any atom is -0.381 e. The van der Waals surface area contributed by atoms with Gasteiger partial charge >= 0.3 is 0 Å². The van der Waals surface area contributed by atoms with Gasteiger partial charge in [-0.05, 0) is 12.5 Å². The van der Waals surface area contributed by atoms with Gasteiger partial charge in [-0.15, -0.1) is 24.0 Å². The lowest BCUT2D eigenvalue weighted by molar-refractivity contribution is -0.127. The van der Waals surface area contributed by atoms with E-state index in [1.165, 1.54) is 0 Å². The highest BCUT2D eigenvalue weighted by atomic mass is 127. The van der Waals surface area contributed by atoms with E-state index in [2.05, 4.69) is 25.1 Å². The SMILES string of the molecule is CN(C)C(=O)CN=C(NCC1CCOC1)N1CCN(c2ccncc2Cl)CC1.I. The van der Waals surface area contributed by atoms with Crippen LogP contribution in [0.3, 0.4) is 0 Å². The number of halogens is 2. The molecule has 0 bridgehead atoms. The number of nitrogens with one attached hydrogen (secondary N) is 1. The van der Waals surface area contributed by atoms with Crippen LogP contribution in [0, 0.1) is 5.92 Å². The summed E-state index contributed by atoms with van der Waals surface area (Å²) in [6, 6.07) is 1.95. The second-order valence-corrected chi connectivity index (χ2v) is 7.75. The molecule has 0 saturated carbocycles. The summed E-state index contributed by atoms with van der Waals surface area (Å²) >= 11 is 6.29. The van der Waals surface area contributed by atoms with Gasteiger partial charge in [-0.1, -0.05) is 11.6 Å². The van der Waals surface area contributed by atoms with Crippen LogP contribution in [0.25, 0.3) is 0 Å². The molecule has 162 valence electrons. The van der Waals surface area contributed by atoms with Crippen LogP contribution >= 0.6 is 35.6 Å². The lowest BCUT2D eigenvalue weighted by Gasteiger charge is -2.38. The molecule has 0 aromatic carbocycles. The Morgan fingerprint density at radius 2 is 2.14 bits per heavy atom. The molecule has 3 heterocycles. The number of guanidine groups is 1. The molecule has 2 aliphatic rings. The van der Waals surface area contributed by atoms with Crippen molar-refractivity contribution in [2.45, 2.75) is 6.42 Å². The first-order chi connectivity index (χ1) is 13.5. The van der Waals surface area contributed by atoms with Crippen molar-refractivity contribution in [1.29, 1.82) is 0 Å². The Labute approximate surface area is 194 Å². The molecule has 1 unspecified atom stereocenters. The van der Waals surface area contributed by atoms with Gasteiger partial charge in [-0.2, -0.15) is 0 Å². The van der Waals surface area contributed by atoms with E-state index in [-0.39, 0.29) is 36.4 Å².